The molecule has 0 amide bonds. The van der Waals surface area contributed by atoms with Gasteiger partial charge in [0.15, 0.2) is 0 Å². The highest BCUT2D eigenvalue weighted by Gasteiger charge is 2.33. The molecule has 0 unspecified atom stereocenters. The van der Waals surface area contributed by atoms with Gasteiger partial charge in [0.2, 0.25) is 0 Å². The molecule has 0 spiro atoms. The van der Waals surface area contributed by atoms with Gasteiger partial charge in [-0.2, -0.15) is 0 Å². The Hall–Kier alpha value is -1.30. The molecule has 1 aliphatic rings. The smallest absolute Gasteiger partial charge is 0.00751 e. The summed E-state index contributed by atoms with van der Waals surface area (Å²) in [6.45, 7) is 7.29. The van der Waals surface area contributed by atoms with E-state index in [9.17, 15) is 0 Å². The van der Waals surface area contributed by atoms with Crippen molar-refractivity contribution in [1.82, 2.24) is 0 Å². The zero-order valence-corrected chi connectivity index (χ0v) is 13.0. The molecular weight excluding hydrogens is 240 g/mol. The lowest BCUT2D eigenvalue weighted by atomic mass is 9.66. The molecule has 2 aromatic carbocycles. The average molecular weight is 266 g/mol. The monoisotopic (exact) mass is 266 g/mol. The first-order valence-corrected chi connectivity index (χ1v) is 8.06. The summed E-state index contributed by atoms with van der Waals surface area (Å²) in [6.07, 6.45) is 5.59. The summed E-state index contributed by atoms with van der Waals surface area (Å²) >= 11 is 0. The summed E-state index contributed by atoms with van der Waals surface area (Å²) in [5.74, 6) is 1.76. The van der Waals surface area contributed by atoms with Crippen LogP contribution in [-0.4, -0.2) is 0 Å². The highest BCUT2D eigenvalue weighted by Crippen LogP contribution is 2.42. The quantitative estimate of drug-likeness (QED) is 0.630. The number of hydrogen-bond acceptors (Lipinski definition) is 0. The molecule has 0 saturated heterocycles. The lowest BCUT2D eigenvalue weighted by Crippen LogP contribution is -2.31. The molecule has 1 fully saturated rings. The second-order valence-electron chi connectivity index (χ2n) is 7.24. The van der Waals surface area contributed by atoms with E-state index >= 15 is 0 Å². The fourth-order valence-electron chi connectivity index (χ4n) is 3.81. The molecule has 1 aliphatic carbocycles. The minimum atomic E-state index is 0.296. The van der Waals surface area contributed by atoms with Crippen molar-refractivity contribution in [2.24, 2.45) is 11.8 Å². The van der Waals surface area contributed by atoms with Crippen LogP contribution in [-0.2, 0) is 5.41 Å². The van der Waals surface area contributed by atoms with E-state index in [0.29, 0.717) is 5.41 Å². The summed E-state index contributed by atoms with van der Waals surface area (Å²) in [7, 11) is 0. The maximum atomic E-state index is 2.44. The zero-order chi connectivity index (χ0) is 14.2. The molecule has 0 aromatic heterocycles. The first kappa shape index (κ1) is 13.7. The van der Waals surface area contributed by atoms with Gasteiger partial charge in [-0.05, 0) is 46.4 Å². The molecule has 1 saturated carbocycles. The highest BCUT2D eigenvalue weighted by molar-refractivity contribution is 5.83. The predicted molar refractivity (Wildman–Crippen MR) is 88.1 cm³/mol. The third-order valence-electron chi connectivity index (χ3n) is 5.53. The van der Waals surface area contributed by atoms with Crippen molar-refractivity contribution in [3.8, 4) is 0 Å². The van der Waals surface area contributed by atoms with Gasteiger partial charge >= 0.3 is 0 Å². The molecule has 3 rings (SSSR count). The van der Waals surface area contributed by atoms with Crippen LogP contribution in [0, 0.1) is 11.8 Å². The van der Waals surface area contributed by atoms with E-state index in [1.165, 1.54) is 42.0 Å². The number of hydrogen-bond donors (Lipinski definition) is 0. The Morgan fingerprint density at radius 3 is 2.20 bits per heavy atom. The lowest BCUT2D eigenvalue weighted by molar-refractivity contribution is 0.202. The van der Waals surface area contributed by atoms with E-state index in [1.807, 2.05) is 0 Å². The molecule has 20 heavy (non-hydrogen) atoms. The van der Waals surface area contributed by atoms with Crippen LogP contribution in [0.1, 0.15) is 52.0 Å². The van der Waals surface area contributed by atoms with Crippen molar-refractivity contribution in [1.29, 1.82) is 0 Å². The van der Waals surface area contributed by atoms with Crippen LogP contribution in [0.3, 0.4) is 0 Å². The van der Waals surface area contributed by atoms with E-state index < -0.39 is 0 Å². The molecule has 0 bridgehead atoms. The summed E-state index contributed by atoms with van der Waals surface area (Å²) < 4.78 is 0. The molecular formula is C20H26. The van der Waals surface area contributed by atoms with Gasteiger partial charge in [0.1, 0.15) is 0 Å². The molecule has 0 atom stereocenters. The molecule has 0 N–H and O–H groups in total. The van der Waals surface area contributed by atoms with Crippen LogP contribution >= 0.6 is 0 Å². The molecule has 2 aromatic rings. The van der Waals surface area contributed by atoms with Gasteiger partial charge in [-0.3, -0.25) is 0 Å². The fraction of sp³-hybridized carbons (Fsp3) is 0.500. The zero-order valence-electron chi connectivity index (χ0n) is 13.0. The lowest BCUT2D eigenvalue weighted by Gasteiger charge is -2.39. The van der Waals surface area contributed by atoms with Gasteiger partial charge in [-0.1, -0.05) is 76.1 Å². The Labute approximate surface area is 123 Å². The van der Waals surface area contributed by atoms with Gasteiger partial charge in [-0.15, -0.1) is 0 Å². The Bertz CT molecular complexity index is 586. The number of benzene rings is 2. The highest BCUT2D eigenvalue weighted by atomic mass is 14.4. The van der Waals surface area contributed by atoms with E-state index in [-0.39, 0.29) is 0 Å². The van der Waals surface area contributed by atoms with Gasteiger partial charge in [0, 0.05) is 0 Å². The molecule has 0 heteroatoms. The summed E-state index contributed by atoms with van der Waals surface area (Å²) in [4.78, 5) is 0. The molecule has 0 aliphatic heterocycles. The van der Waals surface area contributed by atoms with Crippen LogP contribution in [0.4, 0.5) is 0 Å². The van der Waals surface area contributed by atoms with Gasteiger partial charge in [0.25, 0.3) is 0 Å². The summed E-state index contributed by atoms with van der Waals surface area (Å²) in [6, 6.07) is 15.7. The van der Waals surface area contributed by atoms with E-state index in [0.717, 1.165) is 11.8 Å². The Balaban J connectivity index is 1.92. The Morgan fingerprint density at radius 2 is 1.50 bits per heavy atom. The molecule has 0 heterocycles. The van der Waals surface area contributed by atoms with Crippen LogP contribution in [0.25, 0.3) is 10.8 Å². The Morgan fingerprint density at radius 1 is 0.850 bits per heavy atom. The topological polar surface area (TPSA) is 0 Å². The van der Waals surface area contributed by atoms with Crippen molar-refractivity contribution in [2.45, 2.75) is 51.9 Å². The third kappa shape index (κ3) is 2.49. The van der Waals surface area contributed by atoms with Crippen LogP contribution < -0.4 is 0 Å². The first-order valence-electron chi connectivity index (χ1n) is 8.06. The van der Waals surface area contributed by atoms with Crippen LogP contribution in [0.5, 0.6) is 0 Å². The standard InChI is InChI=1S/C20H26/c1-15-8-11-18(12-9-15)20(2,3)19-13-10-16-6-4-5-7-17(16)14-19/h4-7,10,13-15,18H,8-9,11-12H2,1-3H3. The number of fused-ring (bicyclic) bond motifs is 1. The second-order valence-corrected chi connectivity index (χ2v) is 7.24. The Kier molecular flexibility index (Phi) is 3.58. The van der Waals surface area contributed by atoms with Crippen molar-refractivity contribution >= 4 is 10.8 Å². The maximum absolute atomic E-state index is 2.44. The SMILES string of the molecule is CC1CCC(C(C)(C)c2ccc3ccccc3c2)CC1. The van der Waals surface area contributed by atoms with Gasteiger partial charge < -0.3 is 0 Å². The van der Waals surface area contributed by atoms with E-state index in [1.54, 1.807) is 0 Å². The fourth-order valence-corrected chi connectivity index (χ4v) is 3.81. The van der Waals surface area contributed by atoms with Gasteiger partial charge in [-0.25, -0.2) is 0 Å². The second kappa shape index (κ2) is 5.24. The van der Waals surface area contributed by atoms with E-state index in [2.05, 4.69) is 63.2 Å². The molecule has 0 radical (unpaired) electrons. The largest absolute Gasteiger partial charge is 0.0625 e. The van der Waals surface area contributed by atoms with Crippen molar-refractivity contribution in [3.05, 3.63) is 48.0 Å². The van der Waals surface area contributed by atoms with Gasteiger partial charge in [0.05, 0.1) is 0 Å². The maximum Gasteiger partial charge on any atom is -0.00751 e. The van der Waals surface area contributed by atoms with Crippen molar-refractivity contribution in [2.75, 3.05) is 0 Å². The van der Waals surface area contributed by atoms with Crippen LogP contribution in [0.15, 0.2) is 42.5 Å². The third-order valence-corrected chi connectivity index (χ3v) is 5.53. The van der Waals surface area contributed by atoms with Crippen LogP contribution in [0.2, 0.25) is 0 Å². The summed E-state index contributed by atoms with van der Waals surface area (Å²) in [5.41, 5.74) is 1.81. The summed E-state index contributed by atoms with van der Waals surface area (Å²) in [5, 5.41) is 2.73. The van der Waals surface area contributed by atoms with E-state index in [4.69, 9.17) is 0 Å². The molecule has 106 valence electrons. The number of rotatable bonds is 2. The minimum Gasteiger partial charge on any atom is -0.0625 e. The molecule has 0 nitrogen and oxygen atoms in total. The van der Waals surface area contributed by atoms with Crippen molar-refractivity contribution < 1.29 is 0 Å². The minimum absolute atomic E-state index is 0.296. The first-order chi connectivity index (χ1) is 9.57. The normalized spacial score (nSPS) is 23.9. The van der Waals surface area contributed by atoms with Crippen molar-refractivity contribution in [3.63, 3.8) is 0 Å². The average Bonchev–Trinajstić information content (AvgIpc) is 2.47. The predicted octanol–water partition coefficient (Wildman–Crippen LogP) is 5.94.